The number of nitrogens with zero attached hydrogens (tertiary/aromatic N) is 5. The van der Waals surface area contributed by atoms with Crippen LogP contribution in [0.1, 0.15) is 48.1 Å². The summed E-state index contributed by atoms with van der Waals surface area (Å²) in [7, 11) is 0. The molecule has 3 heterocycles. The van der Waals surface area contributed by atoms with Crippen molar-refractivity contribution < 1.29 is 4.79 Å². The molecule has 1 amide bonds. The van der Waals surface area contributed by atoms with Crippen LogP contribution in [0.2, 0.25) is 0 Å². The van der Waals surface area contributed by atoms with Crippen LogP contribution in [0.25, 0.3) is 15.9 Å². The molecule has 1 aromatic carbocycles. The molecule has 0 fully saturated rings. The van der Waals surface area contributed by atoms with Crippen molar-refractivity contribution in [1.29, 1.82) is 0 Å². The molecular weight excluding hydrogens is 428 g/mol. The van der Waals surface area contributed by atoms with Crippen LogP contribution in [0.4, 0.5) is 5.69 Å². The molecule has 1 N–H and O–H groups in total. The fourth-order valence-electron chi connectivity index (χ4n) is 3.01. The molecule has 0 saturated carbocycles. The van der Waals surface area contributed by atoms with Gasteiger partial charge in [0.05, 0.1) is 21.6 Å². The predicted molar refractivity (Wildman–Crippen MR) is 126 cm³/mol. The smallest absolute Gasteiger partial charge is 0.278 e. The number of anilines is 1. The number of hydrogen-bond acceptors (Lipinski definition) is 7. The van der Waals surface area contributed by atoms with E-state index in [1.807, 2.05) is 38.1 Å². The highest BCUT2D eigenvalue weighted by molar-refractivity contribution is 8.01. The highest BCUT2D eigenvalue weighted by atomic mass is 32.2. The monoisotopic (exact) mass is 450 g/mol. The minimum atomic E-state index is -0.316. The Morgan fingerprint density at radius 1 is 1.19 bits per heavy atom. The topological polar surface area (TPSA) is 85.1 Å². The van der Waals surface area contributed by atoms with Crippen molar-refractivity contribution in [2.45, 2.75) is 44.4 Å². The number of nitrogens with one attached hydrogen (secondary N) is 1. The second-order valence-corrected chi connectivity index (χ2v) is 9.38. The molecule has 3 aromatic heterocycles. The van der Waals surface area contributed by atoms with Crippen molar-refractivity contribution >= 4 is 50.6 Å². The molecule has 4 aromatic rings. The van der Waals surface area contributed by atoms with Gasteiger partial charge in [-0.3, -0.25) is 4.79 Å². The highest BCUT2D eigenvalue weighted by Gasteiger charge is 2.16. The molecule has 9 heteroatoms. The van der Waals surface area contributed by atoms with Crippen LogP contribution in [0, 0.1) is 25.7 Å². The number of amides is 1. The van der Waals surface area contributed by atoms with Gasteiger partial charge in [-0.15, -0.1) is 33.4 Å². The summed E-state index contributed by atoms with van der Waals surface area (Å²) < 4.78 is 3.68. The summed E-state index contributed by atoms with van der Waals surface area (Å²) in [5.41, 5.74) is 3.97. The van der Waals surface area contributed by atoms with E-state index in [1.165, 1.54) is 0 Å². The first-order valence-electron chi connectivity index (χ1n) is 10.1. The molecule has 0 unspecified atom stereocenters. The van der Waals surface area contributed by atoms with E-state index in [-0.39, 0.29) is 11.6 Å². The summed E-state index contributed by atoms with van der Waals surface area (Å²) in [4.78, 5) is 17.5. The molecule has 158 valence electrons. The number of hydrogen-bond donors (Lipinski definition) is 1. The van der Waals surface area contributed by atoms with Crippen molar-refractivity contribution in [3.63, 3.8) is 0 Å². The van der Waals surface area contributed by atoms with Gasteiger partial charge in [0.2, 0.25) is 0 Å². The van der Waals surface area contributed by atoms with Gasteiger partial charge >= 0.3 is 0 Å². The second-order valence-electron chi connectivity index (χ2n) is 7.01. The summed E-state index contributed by atoms with van der Waals surface area (Å²) in [6.45, 7) is 5.82. The zero-order valence-electron chi connectivity index (χ0n) is 17.6. The third kappa shape index (κ3) is 4.86. The van der Waals surface area contributed by atoms with Crippen LogP contribution >= 0.6 is 23.1 Å². The van der Waals surface area contributed by atoms with Gasteiger partial charge in [0.15, 0.2) is 15.7 Å². The van der Waals surface area contributed by atoms with Crippen LogP contribution in [0.15, 0.2) is 28.6 Å². The number of aromatic nitrogens is 5. The molecule has 0 spiro atoms. The second kappa shape index (κ2) is 9.45. The minimum absolute atomic E-state index is 0.250. The molecule has 31 heavy (non-hydrogen) atoms. The standard InChI is InChI=1S/C22H22N6OS2/c1-4-5-6-7-8-11-30-22-24-17-10-9-16(13-18(17)31-22)23-21(29)20-15(3)28-19(25-26-20)12-14(2)27-28/h9-10,12-13H,4-5,8,11H2,1-3H3,(H,23,29). The van der Waals surface area contributed by atoms with Gasteiger partial charge in [0, 0.05) is 30.3 Å². The van der Waals surface area contributed by atoms with E-state index in [4.69, 9.17) is 0 Å². The maximum atomic E-state index is 12.8. The molecule has 7 nitrogen and oxygen atoms in total. The van der Waals surface area contributed by atoms with Crippen LogP contribution in [0.3, 0.4) is 0 Å². The van der Waals surface area contributed by atoms with Gasteiger partial charge in [-0.05, 0) is 38.5 Å². The lowest BCUT2D eigenvalue weighted by Crippen LogP contribution is -2.18. The van der Waals surface area contributed by atoms with Crippen LogP contribution in [-0.2, 0) is 0 Å². The first-order valence-corrected chi connectivity index (χ1v) is 11.9. The minimum Gasteiger partial charge on any atom is -0.320 e. The third-order valence-electron chi connectivity index (χ3n) is 4.52. The van der Waals surface area contributed by atoms with Crippen molar-refractivity contribution in [2.75, 3.05) is 11.1 Å². The quantitative estimate of drug-likeness (QED) is 0.256. The van der Waals surface area contributed by atoms with Gasteiger partial charge in [-0.25, -0.2) is 9.50 Å². The number of aryl methyl sites for hydroxylation is 2. The normalized spacial score (nSPS) is 10.9. The molecule has 0 radical (unpaired) electrons. The largest absolute Gasteiger partial charge is 0.320 e. The van der Waals surface area contributed by atoms with Crippen molar-refractivity contribution in [2.24, 2.45) is 0 Å². The average molecular weight is 451 g/mol. The van der Waals surface area contributed by atoms with Gasteiger partial charge in [0.25, 0.3) is 5.91 Å². The Kier molecular flexibility index (Phi) is 6.49. The first-order chi connectivity index (χ1) is 15.0. The number of rotatable bonds is 6. The maximum Gasteiger partial charge on any atom is 0.278 e. The lowest BCUT2D eigenvalue weighted by atomic mass is 10.2. The number of fused-ring (bicyclic) bond motifs is 2. The summed E-state index contributed by atoms with van der Waals surface area (Å²) >= 11 is 3.34. The summed E-state index contributed by atoms with van der Waals surface area (Å²) in [6.07, 6.45) is 2.92. The predicted octanol–water partition coefficient (Wildman–Crippen LogP) is 4.89. The van der Waals surface area contributed by atoms with Gasteiger partial charge in [-0.1, -0.05) is 18.7 Å². The zero-order chi connectivity index (χ0) is 21.8. The number of carbonyl (C=O) groups excluding carboxylic acids is 1. The van der Waals surface area contributed by atoms with Crippen LogP contribution < -0.4 is 5.32 Å². The number of unbranched alkanes of at least 4 members (excludes halogenated alkanes) is 1. The van der Waals surface area contributed by atoms with E-state index in [2.05, 4.69) is 44.4 Å². The molecule has 0 bridgehead atoms. The summed E-state index contributed by atoms with van der Waals surface area (Å²) in [6, 6.07) is 7.54. The summed E-state index contributed by atoms with van der Waals surface area (Å²) in [5.74, 6) is 6.97. The van der Waals surface area contributed by atoms with Crippen molar-refractivity contribution in [3.05, 3.63) is 41.3 Å². The average Bonchev–Trinajstić information content (AvgIpc) is 3.33. The van der Waals surface area contributed by atoms with Gasteiger partial charge in [0.1, 0.15) is 0 Å². The maximum absolute atomic E-state index is 12.8. The third-order valence-corrected chi connectivity index (χ3v) is 6.68. The Balaban J connectivity index is 1.46. The van der Waals surface area contributed by atoms with E-state index in [0.717, 1.165) is 45.3 Å². The van der Waals surface area contributed by atoms with E-state index >= 15 is 0 Å². The zero-order valence-corrected chi connectivity index (χ0v) is 19.2. The Morgan fingerprint density at radius 2 is 2.03 bits per heavy atom. The molecule has 0 atom stereocenters. The SMILES string of the molecule is CCCC#CCCSc1nc2ccc(NC(=O)c3nnc4cc(C)nn4c3C)cc2s1. The van der Waals surface area contributed by atoms with E-state index < -0.39 is 0 Å². The number of carbonyl (C=O) groups is 1. The molecule has 0 saturated heterocycles. The van der Waals surface area contributed by atoms with Gasteiger partial charge in [-0.2, -0.15) is 5.10 Å². The first kappa shape index (κ1) is 21.3. The van der Waals surface area contributed by atoms with Crippen molar-refractivity contribution in [1.82, 2.24) is 24.8 Å². The number of thiazole rings is 1. The fraction of sp³-hybridized carbons (Fsp3) is 0.318. The molecular formula is C22H22N6OS2. The fourth-order valence-corrected chi connectivity index (χ4v) is 5.04. The molecule has 0 aliphatic heterocycles. The Bertz CT molecular complexity index is 1310. The Morgan fingerprint density at radius 3 is 2.87 bits per heavy atom. The van der Waals surface area contributed by atoms with E-state index in [1.54, 1.807) is 27.6 Å². The molecule has 0 aliphatic carbocycles. The lowest BCUT2D eigenvalue weighted by Gasteiger charge is -2.07. The van der Waals surface area contributed by atoms with Crippen molar-refractivity contribution in [3.8, 4) is 11.8 Å². The Hall–Kier alpha value is -2.96. The lowest BCUT2D eigenvalue weighted by molar-refractivity contribution is 0.102. The molecule has 0 aliphatic rings. The summed E-state index contributed by atoms with van der Waals surface area (Å²) in [5, 5.41) is 15.5. The van der Waals surface area contributed by atoms with Crippen LogP contribution in [0.5, 0.6) is 0 Å². The Labute approximate surface area is 188 Å². The van der Waals surface area contributed by atoms with Gasteiger partial charge < -0.3 is 5.32 Å². The number of benzene rings is 1. The van der Waals surface area contributed by atoms with E-state index in [0.29, 0.717) is 17.0 Å². The number of thioether (sulfide) groups is 1. The van der Waals surface area contributed by atoms with E-state index in [9.17, 15) is 4.79 Å². The molecule has 4 rings (SSSR count). The highest BCUT2D eigenvalue weighted by Crippen LogP contribution is 2.31. The van der Waals surface area contributed by atoms with Crippen LogP contribution in [-0.4, -0.2) is 36.5 Å².